The first-order chi connectivity index (χ1) is 8.35. The summed E-state index contributed by atoms with van der Waals surface area (Å²) in [5.41, 5.74) is 1.47. The third-order valence-corrected chi connectivity index (χ3v) is 2.83. The summed E-state index contributed by atoms with van der Waals surface area (Å²) in [5.74, 6) is -0.264. The lowest BCUT2D eigenvalue weighted by molar-refractivity contribution is 0.0223. The number of rotatable bonds is 0. The van der Waals surface area contributed by atoms with Gasteiger partial charge in [0.2, 0.25) is 0 Å². The van der Waals surface area contributed by atoms with Crippen LogP contribution in [0.1, 0.15) is 31.9 Å². The van der Waals surface area contributed by atoms with Gasteiger partial charge in [0.05, 0.1) is 0 Å². The lowest BCUT2D eigenvalue weighted by Gasteiger charge is -2.31. The van der Waals surface area contributed by atoms with E-state index in [1.54, 1.807) is 11.0 Å². The summed E-state index contributed by atoms with van der Waals surface area (Å²) < 4.78 is 18.5. The average Bonchev–Trinajstić information content (AvgIpc) is 2.25. The largest absolute Gasteiger partial charge is 0.444 e. The van der Waals surface area contributed by atoms with Crippen LogP contribution in [0.5, 0.6) is 0 Å². The fourth-order valence-corrected chi connectivity index (χ4v) is 2.01. The minimum absolute atomic E-state index is 0.264. The lowest BCUT2D eigenvalue weighted by atomic mass is 10.00. The highest BCUT2D eigenvalue weighted by Gasteiger charge is 2.25. The summed E-state index contributed by atoms with van der Waals surface area (Å²) in [6.45, 7) is 6.54. The van der Waals surface area contributed by atoms with Gasteiger partial charge >= 0.3 is 6.09 Å². The monoisotopic (exact) mass is 251 g/mol. The van der Waals surface area contributed by atoms with Crippen molar-refractivity contribution in [2.45, 2.75) is 39.3 Å². The molecular weight excluding hydrogens is 233 g/mol. The van der Waals surface area contributed by atoms with E-state index in [0.717, 1.165) is 17.5 Å². The van der Waals surface area contributed by atoms with Gasteiger partial charge in [0.15, 0.2) is 0 Å². The van der Waals surface area contributed by atoms with Crippen molar-refractivity contribution >= 4 is 6.09 Å². The minimum atomic E-state index is -0.501. The Morgan fingerprint density at radius 2 is 2.06 bits per heavy atom. The second kappa shape index (κ2) is 4.59. The van der Waals surface area contributed by atoms with Gasteiger partial charge in [0.25, 0.3) is 0 Å². The first-order valence-corrected chi connectivity index (χ1v) is 6.10. The predicted molar refractivity (Wildman–Crippen MR) is 66.7 cm³/mol. The summed E-state index contributed by atoms with van der Waals surface area (Å²) >= 11 is 0. The summed E-state index contributed by atoms with van der Waals surface area (Å²) in [6, 6.07) is 4.74. The molecule has 0 saturated carbocycles. The molecule has 1 aliphatic rings. The number of hydrogen-bond donors (Lipinski definition) is 0. The fourth-order valence-electron chi connectivity index (χ4n) is 2.01. The van der Waals surface area contributed by atoms with Crippen molar-refractivity contribution in [2.75, 3.05) is 6.54 Å². The molecule has 3 nitrogen and oxygen atoms in total. The topological polar surface area (TPSA) is 29.5 Å². The van der Waals surface area contributed by atoms with E-state index in [2.05, 4.69) is 0 Å². The molecule has 0 N–H and O–H groups in total. The van der Waals surface area contributed by atoms with Crippen molar-refractivity contribution in [2.24, 2.45) is 0 Å². The first-order valence-electron chi connectivity index (χ1n) is 6.10. The molecule has 2 rings (SSSR count). The first kappa shape index (κ1) is 12.9. The number of benzene rings is 1. The number of amides is 1. The van der Waals surface area contributed by atoms with Gasteiger partial charge in [-0.1, -0.05) is 6.07 Å². The predicted octanol–water partition coefficient (Wildman–Crippen LogP) is 3.12. The van der Waals surface area contributed by atoms with Gasteiger partial charge in [-0.3, -0.25) is 0 Å². The number of hydrogen-bond acceptors (Lipinski definition) is 2. The molecule has 0 saturated heterocycles. The Balaban J connectivity index is 2.09. The van der Waals surface area contributed by atoms with Gasteiger partial charge < -0.3 is 9.64 Å². The second-order valence-corrected chi connectivity index (χ2v) is 5.56. The van der Waals surface area contributed by atoms with Gasteiger partial charge in [0.1, 0.15) is 11.4 Å². The van der Waals surface area contributed by atoms with E-state index >= 15 is 0 Å². The van der Waals surface area contributed by atoms with Gasteiger partial charge in [-0.15, -0.1) is 0 Å². The lowest BCUT2D eigenvalue weighted by Crippen LogP contribution is -2.39. The van der Waals surface area contributed by atoms with Gasteiger partial charge in [0, 0.05) is 13.1 Å². The Kier molecular flexibility index (Phi) is 3.28. The van der Waals surface area contributed by atoms with Gasteiger partial charge in [-0.25, -0.2) is 9.18 Å². The summed E-state index contributed by atoms with van der Waals surface area (Å²) in [4.78, 5) is 13.5. The molecular formula is C14H18FNO2. The molecule has 1 amide bonds. The number of fused-ring (bicyclic) bond motifs is 1. The number of ether oxygens (including phenoxy) is 1. The van der Waals surface area contributed by atoms with E-state index in [0.29, 0.717) is 13.1 Å². The van der Waals surface area contributed by atoms with Crippen molar-refractivity contribution < 1.29 is 13.9 Å². The van der Waals surface area contributed by atoms with Crippen LogP contribution in [0.2, 0.25) is 0 Å². The molecule has 0 radical (unpaired) electrons. The van der Waals surface area contributed by atoms with Crippen molar-refractivity contribution in [1.82, 2.24) is 4.90 Å². The van der Waals surface area contributed by atoms with Crippen LogP contribution in [-0.2, 0) is 17.7 Å². The van der Waals surface area contributed by atoms with Crippen molar-refractivity contribution in [3.8, 4) is 0 Å². The van der Waals surface area contributed by atoms with Crippen LogP contribution in [0.3, 0.4) is 0 Å². The molecule has 4 heteroatoms. The summed E-state index contributed by atoms with van der Waals surface area (Å²) in [7, 11) is 0. The van der Waals surface area contributed by atoms with E-state index in [1.165, 1.54) is 12.1 Å². The number of nitrogens with zero attached hydrogens (tertiary/aromatic N) is 1. The zero-order valence-corrected chi connectivity index (χ0v) is 11.0. The molecule has 98 valence electrons. The zero-order valence-electron chi connectivity index (χ0n) is 11.0. The van der Waals surface area contributed by atoms with Crippen LogP contribution in [0.4, 0.5) is 9.18 Å². The normalized spacial score (nSPS) is 15.2. The molecule has 0 aromatic heterocycles. The van der Waals surface area contributed by atoms with Crippen molar-refractivity contribution in [3.05, 3.63) is 35.1 Å². The fraction of sp³-hybridized carbons (Fsp3) is 0.500. The Hall–Kier alpha value is -1.58. The highest BCUT2D eigenvalue weighted by molar-refractivity contribution is 5.68. The second-order valence-electron chi connectivity index (χ2n) is 5.56. The molecule has 1 aromatic rings. The van der Waals surface area contributed by atoms with E-state index in [4.69, 9.17) is 4.74 Å². The maximum Gasteiger partial charge on any atom is 0.410 e. The third-order valence-electron chi connectivity index (χ3n) is 2.83. The Bertz CT molecular complexity index is 465. The molecule has 0 spiro atoms. The van der Waals surface area contributed by atoms with Crippen LogP contribution >= 0.6 is 0 Å². The molecule has 0 bridgehead atoms. The van der Waals surface area contributed by atoms with Crippen LogP contribution in [-0.4, -0.2) is 23.1 Å². The van der Waals surface area contributed by atoms with E-state index in [9.17, 15) is 9.18 Å². The van der Waals surface area contributed by atoms with E-state index in [-0.39, 0.29) is 11.9 Å². The molecule has 0 unspecified atom stereocenters. The molecule has 0 fully saturated rings. The SMILES string of the molecule is CC(C)(C)OC(=O)N1CCc2ccc(F)cc2C1. The highest BCUT2D eigenvalue weighted by atomic mass is 19.1. The van der Waals surface area contributed by atoms with Gasteiger partial charge in [-0.05, 0) is 50.5 Å². The average molecular weight is 251 g/mol. The standard InChI is InChI=1S/C14H18FNO2/c1-14(2,3)18-13(17)16-7-6-10-4-5-12(15)8-11(10)9-16/h4-5,8H,6-7,9H2,1-3H3. The summed E-state index contributed by atoms with van der Waals surface area (Å²) in [6.07, 6.45) is 0.409. The number of carbonyl (C=O) groups is 1. The van der Waals surface area contributed by atoms with Crippen LogP contribution in [0.15, 0.2) is 18.2 Å². The quantitative estimate of drug-likeness (QED) is 0.709. The maximum atomic E-state index is 13.2. The van der Waals surface area contributed by atoms with Crippen molar-refractivity contribution in [1.29, 1.82) is 0 Å². The molecule has 1 aromatic carbocycles. The van der Waals surface area contributed by atoms with E-state index < -0.39 is 5.60 Å². The highest BCUT2D eigenvalue weighted by Crippen LogP contribution is 2.21. The van der Waals surface area contributed by atoms with Crippen LogP contribution in [0.25, 0.3) is 0 Å². The Morgan fingerprint density at radius 3 is 2.72 bits per heavy atom. The van der Waals surface area contributed by atoms with Crippen LogP contribution in [0, 0.1) is 5.82 Å². The van der Waals surface area contributed by atoms with E-state index in [1.807, 2.05) is 20.8 Å². The number of carbonyl (C=O) groups excluding carboxylic acids is 1. The molecule has 0 aliphatic carbocycles. The van der Waals surface area contributed by atoms with Crippen LogP contribution < -0.4 is 0 Å². The molecule has 18 heavy (non-hydrogen) atoms. The maximum absolute atomic E-state index is 13.2. The molecule has 0 atom stereocenters. The molecule has 1 heterocycles. The van der Waals surface area contributed by atoms with Crippen molar-refractivity contribution in [3.63, 3.8) is 0 Å². The Morgan fingerprint density at radius 1 is 1.33 bits per heavy atom. The number of halogens is 1. The minimum Gasteiger partial charge on any atom is -0.444 e. The Labute approximate surface area is 107 Å². The summed E-state index contributed by atoms with van der Waals surface area (Å²) in [5, 5.41) is 0. The smallest absolute Gasteiger partial charge is 0.410 e. The molecule has 1 aliphatic heterocycles. The zero-order chi connectivity index (χ0) is 13.3. The van der Waals surface area contributed by atoms with Gasteiger partial charge in [-0.2, -0.15) is 0 Å². The third kappa shape index (κ3) is 3.00.